The van der Waals surface area contributed by atoms with Crippen molar-refractivity contribution in [3.05, 3.63) is 58.0 Å². The summed E-state index contributed by atoms with van der Waals surface area (Å²) in [5.74, 6) is -0.723. The molecule has 2 N–H and O–H groups in total. The lowest BCUT2D eigenvalue weighted by Gasteiger charge is -2.21. The third kappa shape index (κ3) is 4.21. The maximum atomic E-state index is 12.6. The molecule has 0 bridgehead atoms. The van der Waals surface area contributed by atoms with E-state index in [2.05, 4.69) is 5.32 Å². The molecule has 2 aromatic rings. The predicted molar refractivity (Wildman–Crippen MR) is 93.7 cm³/mol. The van der Waals surface area contributed by atoms with E-state index in [9.17, 15) is 19.5 Å². The van der Waals surface area contributed by atoms with Gasteiger partial charge in [0.25, 0.3) is 11.5 Å². The molecule has 0 spiro atoms. The first-order valence-corrected chi connectivity index (χ1v) is 7.78. The van der Waals surface area contributed by atoms with Gasteiger partial charge >= 0.3 is 5.97 Å². The van der Waals surface area contributed by atoms with E-state index < -0.39 is 17.9 Å². The smallest absolute Gasteiger partial charge is 0.305 e. The summed E-state index contributed by atoms with van der Waals surface area (Å²) in [6.45, 7) is 0. The van der Waals surface area contributed by atoms with Gasteiger partial charge in [-0.3, -0.25) is 14.4 Å². The van der Waals surface area contributed by atoms with Gasteiger partial charge in [-0.1, -0.05) is 6.07 Å². The van der Waals surface area contributed by atoms with Gasteiger partial charge in [0, 0.05) is 24.7 Å². The monoisotopic (exact) mass is 360 g/mol. The van der Waals surface area contributed by atoms with Crippen LogP contribution in [-0.2, 0) is 11.8 Å². The van der Waals surface area contributed by atoms with Gasteiger partial charge in [-0.05, 0) is 18.2 Å². The number of benzene rings is 1. The Kier molecular flexibility index (Phi) is 6.00. The van der Waals surface area contributed by atoms with Crippen LogP contribution in [0.3, 0.4) is 0 Å². The molecule has 1 heterocycles. The molecular weight excluding hydrogens is 340 g/mol. The molecule has 26 heavy (non-hydrogen) atoms. The third-order valence-electron chi connectivity index (χ3n) is 3.92. The number of aliphatic carboxylic acids is 1. The third-order valence-corrected chi connectivity index (χ3v) is 3.92. The number of nitrogens with one attached hydrogen (secondary N) is 1. The van der Waals surface area contributed by atoms with Crippen LogP contribution in [0.25, 0.3) is 0 Å². The second-order valence-electron chi connectivity index (χ2n) is 5.54. The number of hydrogen-bond donors (Lipinski definition) is 2. The summed E-state index contributed by atoms with van der Waals surface area (Å²) in [6, 6.07) is 8.33. The van der Waals surface area contributed by atoms with E-state index in [0.29, 0.717) is 17.1 Å². The minimum Gasteiger partial charge on any atom is -0.497 e. The van der Waals surface area contributed by atoms with Gasteiger partial charge in [0.05, 0.1) is 26.7 Å². The first-order chi connectivity index (χ1) is 12.4. The number of nitrogens with zero attached hydrogens (tertiary/aromatic N) is 1. The minimum absolute atomic E-state index is 0.125. The topological polar surface area (TPSA) is 107 Å². The molecule has 0 radical (unpaired) electrons. The van der Waals surface area contributed by atoms with Crippen LogP contribution in [0.15, 0.2) is 41.2 Å². The lowest BCUT2D eigenvalue weighted by Crippen LogP contribution is -2.34. The number of hydrogen-bond acceptors (Lipinski definition) is 5. The SMILES string of the molecule is COc1ccc(C(CC(=O)O)NC(=O)c2cccc(=O)n2C)c(OC)c1. The second kappa shape index (κ2) is 8.19. The summed E-state index contributed by atoms with van der Waals surface area (Å²) in [7, 11) is 4.41. The number of carboxylic acids is 1. The van der Waals surface area contributed by atoms with Crippen molar-refractivity contribution in [1.82, 2.24) is 9.88 Å². The fourth-order valence-electron chi connectivity index (χ4n) is 2.54. The zero-order valence-electron chi connectivity index (χ0n) is 14.7. The Balaban J connectivity index is 2.39. The molecule has 0 aliphatic heterocycles. The molecule has 0 saturated carbocycles. The first kappa shape index (κ1) is 19.0. The van der Waals surface area contributed by atoms with Crippen LogP contribution >= 0.6 is 0 Å². The van der Waals surface area contributed by atoms with Crippen molar-refractivity contribution in [1.29, 1.82) is 0 Å². The lowest BCUT2D eigenvalue weighted by molar-refractivity contribution is -0.137. The number of carbonyl (C=O) groups excluding carboxylic acids is 1. The second-order valence-corrected chi connectivity index (χ2v) is 5.54. The van der Waals surface area contributed by atoms with Crippen LogP contribution in [0.2, 0.25) is 0 Å². The number of aromatic nitrogens is 1. The lowest BCUT2D eigenvalue weighted by atomic mass is 10.0. The van der Waals surface area contributed by atoms with Gasteiger partial charge in [-0.25, -0.2) is 0 Å². The van der Waals surface area contributed by atoms with Crippen LogP contribution in [0, 0.1) is 0 Å². The number of amides is 1. The quantitative estimate of drug-likeness (QED) is 0.772. The van der Waals surface area contributed by atoms with E-state index in [-0.39, 0.29) is 17.7 Å². The Morgan fingerprint density at radius 2 is 1.92 bits per heavy atom. The van der Waals surface area contributed by atoms with Crippen LogP contribution in [0.4, 0.5) is 0 Å². The van der Waals surface area contributed by atoms with Crippen molar-refractivity contribution in [2.75, 3.05) is 14.2 Å². The fraction of sp³-hybridized carbons (Fsp3) is 0.278. The van der Waals surface area contributed by atoms with E-state index in [0.717, 1.165) is 0 Å². The molecule has 0 saturated heterocycles. The fourth-order valence-corrected chi connectivity index (χ4v) is 2.54. The van der Waals surface area contributed by atoms with E-state index in [4.69, 9.17) is 9.47 Å². The number of pyridine rings is 1. The summed E-state index contributed by atoms with van der Waals surface area (Å²) >= 11 is 0. The molecule has 1 aromatic carbocycles. The number of ether oxygens (including phenoxy) is 2. The highest BCUT2D eigenvalue weighted by atomic mass is 16.5. The number of carboxylic acid groups (broad SMARTS) is 1. The van der Waals surface area contributed by atoms with Gasteiger partial charge < -0.3 is 24.5 Å². The molecule has 1 unspecified atom stereocenters. The van der Waals surface area contributed by atoms with Gasteiger partial charge in [0.15, 0.2) is 0 Å². The molecule has 8 nitrogen and oxygen atoms in total. The van der Waals surface area contributed by atoms with E-state index in [1.54, 1.807) is 18.2 Å². The Bertz CT molecular complexity index is 874. The minimum atomic E-state index is -1.09. The maximum absolute atomic E-state index is 12.6. The zero-order chi connectivity index (χ0) is 19.3. The molecule has 0 aliphatic rings. The van der Waals surface area contributed by atoms with E-state index in [1.165, 1.54) is 44.0 Å². The van der Waals surface area contributed by atoms with Gasteiger partial charge in [-0.15, -0.1) is 0 Å². The summed E-state index contributed by atoms with van der Waals surface area (Å²) in [6.07, 6.45) is -0.352. The molecule has 0 fully saturated rings. The molecular formula is C18H20N2O6. The first-order valence-electron chi connectivity index (χ1n) is 7.78. The highest BCUT2D eigenvalue weighted by Crippen LogP contribution is 2.31. The molecule has 1 amide bonds. The van der Waals surface area contributed by atoms with Crippen molar-refractivity contribution in [2.45, 2.75) is 12.5 Å². The molecule has 8 heteroatoms. The number of rotatable bonds is 7. The van der Waals surface area contributed by atoms with Crippen LogP contribution in [0.1, 0.15) is 28.5 Å². The van der Waals surface area contributed by atoms with Crippen LogP contribution in [-0.4, -0.2) is 35.8 Å². The Morgan fingerprint density at radius 1 is 1.19 bits per heavy atom. The van der Waals surface area contributed by atoms with Crippen LogP contribution < -0.4 is 20.3 Å². The molecule has 2 rings (SSSR count). The zero-order valence-corrected chi connectivity index (χ0v) is 14.7. The van der Waals surface area contributed by atoms with Crippen molar-refractivity contribution >= 4 is 11.9 Å². The molecule has 0 aliphatic carbocycles. The maximum Gasteiger partial charge on any atom is 0.305 e. The highest BCUT2D eigenvalue weighted by molar-refractivity contribution is 5.93. The molecule has 138 valence electrons. The van der Waals surface area contributed by atoms with Crippen molar-refractivity contribution in [3.63, 3.8) is 0 Å². The van der Waals surface area contributed by atoms with Gasteiger partial charge in [0.2, 0.25) is 0 Å². The molecule has 1 atom stereocenters. The average Bonchev–Trinajstić information content (AvgIpc) is 2.62. The number of methoxy groups -OCH3 is 2. The largest absolute Gasteiger partial charge is 0.497 e. The van der Waals surface area contributed by atoms with Crippen molar-refractivity contribution < 1.29 is 24.2 Å². The van der Waals surface area contributed by atoms with E-state index >= 15 is 0 Å². The Hall–Kier alpha value is -3.29. The summed E-state index contributed by atoms with van der Waals surface area (Å²) in [5.41, 5.74) is 0.278. The Morgan fingerprint density at radius 3 is 2.54 bits per heavy atom. The normalized spacial score (nSPS) is 11.5. The summed E-state index contributed by atoms with van der Waals surface area (Å²) in [4.78, 5) is 35.6. The highest BCUT2D eigenvalue weighted by Gasteiger charge is 2.23. The van der Waals surface area contributed by atoms with Crippen molar-refractivity contribution in [3.8, 4) is 11.5 Å². The predicted octanol–water partition coefficient (Wildman–Crippen LogP) is 1.35. The van der Waals surface area contributed by atoms with Gasteiger partial charge in [-0.2, -0.15) is 0 Å². The average molecular weight is 360 g/mol. The summed E-state index contributed by atoms with van der Waals surface area (Å²) < 4.78 is 11.6. The van der Waals surface area contributed by atoms with Gasteiger partial charge in [0.1, 0.15) is 17.2 Å². The number of carbonyl (C=O) groups is 2. The van der Waals surface area contributed by atoms with Crippen molar-refractivity contribution in [2.24, 2.45) is 7.05 Å². The standard InChI is InChI=1S/C18H20N2O6/c1-20-14(5-4-6-16(20)21)18(24)19-13(10-17(22)23)12-8-7-11(25-2)9-15(12)26-3/h4-9,13H,10H2,1-3H3,(H,19,24)(H,22,23). The summed E-state index contributed by atoms with van der Waals surface area (Å²) in [5, 5.41) is 11.9. The Labute approximate surface area is 150 Å². The van der Waals surface area contributed by atoms with Crippen LogP contribution in [0.5, 0.6) is 11.5 Å². The van der Waals surface area contributed by atoms with E-state index in [1.807, 2.05) is 0 Å². The molecule has 1 aromatic heterocycles.